The predicted molar refractivity (Wildman–Crippen MR) is 139 cm³/mol. The third-order valence-corrected chi connectivity index (χ3v) is 5.28. The van der Waals surface area contributed by atoms with Crippen LogP contribution >= 0.6 is 0 Å². The number of anilines is 1. The van der Waals surface area contributed by atoms with Crippen LogP contribution in [0, 0.1) is 6.92 Å². The van der Waals surface area contributed by atoms with Gasteiger partial charge >= 0.3 is 5.97 Å². The average Bonchev–Trinajstić information content (AvgIpc) is 2.92. The van der Waals surface area contributed by atoms with Crippen molar-refractivity contribution in [3.8, 4) is 28.7 Å². The topological polar surface area (TPSA) is 117 Å². The molecule has 10 heteroatoms. The summed E-state index contributed by atoms with van der Waals surface area (Å²) in [5.41, 5.74) is 5.20. The van der Waals surface area contributed by atoms with Crippen LogP contribution in [0.15, 0.2) is 59.7 Å². The molecule has 10 nitrogen and oxygen atoms in total. The molecule has 1 amide bonds. The van der Waals surface area contributed by atoms with Gasteiger partial charge in [-0.2, -0.15) is 5.10 Å². The second-order valence-corrected chi connectivity index (χ2v) is 7.68. The molecule has 0 aromatic heterocycles. The summed E-state index contributed by atoms with van der Waals surface area (Å²) in [5.74, 6) is 0.560. The summed E-state index contributed by atoms with van der Waals surface area (Å²) in [6.45, 7) is 2.03. The fourth-order valence-corrected chi connectivity index (χ4v) is 3.37. The summed E-state index contributed by atoms with van der Waals surface area (Å²) >= 11 is 0. The Hall–Kier alpha value is -4.73. The quantitative estimate of drug-likeness (QED) is 0.174. The minimum atomic E-state index is -0.646. The number of esters is 1. The molecule has 0 heterocycles. The Kier molecular flexibility index (Phi) is 9.31. The van der Waals surface area contributed by atoms with Crippen LogP contribution in [-0.4, -0.2) is 53.1 Å². The molecule has 194 valence electrons. The molecule has 0 bridgehead atoms. The number of amides is 1. The number of carbonyl (C=O) groups excluding carboxylic acids is 2. The van der Waals surface area contributed by atoms with E-state index in [1.165, 1.54) is 46.8 Å². The van der Waals surface area contributed by atoms with E-state index in [0.29, 0.717) is 28.6 Å². The van der Waals surface area contributed by atoms with Gasteiger partial charge < -0.3 is 29.0 Å². The smallest absolute Gasteiger partial charge is 0.343 e. The zero-order valence-corrected chi connectivity index (χ0v) is 21.3. The second-order valence-electron chi connectivity index (χ2n) is 7.68. The van der Waals surface area contributed by atoms with Crippen molar-refractivity contribution in [3.63, 3.8) is 0 Å². The normalized spacial score (nSPS) is 10.5. The largest absolute Gasteiger partial charge is 0.493 e. The van der Waals surface area contributed by atoms with Crippen LogP contribution in [0.4, 0.5) is 5.69 Å². The minimum Gasteiger partial charge on any atom is -0.493 e. The molecule has 0 saturated heterocycles. The third-order valence-electron chi connectivity index (χ3n) is 5.28. The zero-order chi connectivity index (χ0) is 26.8. The highest BCUT2D eigenvalue weighted by molar-refractivity contribution is 5.93. The van der Waals surface area contributed by atoms with E-state index < -0.39 is 5.97 Å². The van der Waals surface area contributed by atoms with Crippen molar-refractivity contribution in [2.75, 3.05) is 40.3 Å². The van der Waals surface area contributed by atoms with Crippen LogP contribution in [0.3, 0.4) is 0 Å². The Balaban J connectivity index is 1.65. The van der Waals surface area contributed by atoms with Crippen LogP contribution in [0.5, 0.6) is 28.7 Å². The highest BCUT2D eigenvalue weighted by Gasteiger charge is 2.19. The summed E-state index contributed by atoms with van der Waals surface area (Å²) < 4.78 is 26.8. The van der Waals surface area contributed by atoms with Crippen LogP contribution < -0.4 is 34.4 Å². The molecule has 3 aromatic carbocycles. The van der Waals surface area contributed by atoms with E-state index in [0.717, 1.165) is 11.3 Å². The van der Waals surface area contributed by atoms with Crippen molar-refractivity contribution in [1.82, 2.24) is 5.43 Å². The first-order chi connectivity index (χ1) is 17.9. The maximum Gasteiger partial charge on any atom is 0.343 e. The van der Waals surface area contributed by atoms with Crippen molar-refractivity contribution in [2.24, 2.45) is 5.10 Å². The van der Waals surface area contributed by atoms with Gasteiger partial charge in [-0.25, -0.2) is 10.2 Å². The summed E-state index contributed by atoms with van der Waals surface area (Å²) in [7, 11) is 5.84. The SMILES string of the molecule is COc1cc(/C=N\NC(=O)CNc2ccccc2C)ccc1OC(=O)c1cc(OC)c(OC)c(OC)c1. The van der Waals surface area contributed by atoms with Crippen molar-refractivity contribution in [2.45, 2.75) is 6.92 Å². The molecule has 2 N–H and O–H groups in total. The van der Waals surface area contributed by atoms with E-state index in [4.69, 9.17) is 23.7 Å². The number of aryl methyl sites for hydroxylation is 1. The number of benzene rings is 3. The Morgan fingerprint density at radius 1 is 0.838 bits per heavy atom. The van der Waals surface area contributed by atoms with Crippen molar-refractivity contribution in [1.29, 1.82) is 0 Å². The van der Waals surface area contributed by atoms with Crippen LogP contribution in [-0.2, 0) is 4.79 Å². The molecule has 0 aliphatic rings. The number of hydrazone groups is 1. The molecule has 0 fully saturated rings. The van der Waals surface area contributed by atoms with Crippen molar-refractivity contribution >= 4 is 23.8 Å². The van der Waals surface area contributed by atoms with Gasteiger partial charge in [0.05, 0.1) is 46.8 Å². The first-order valence-electron chi connectivity index (χ1n) is 11.2. The first kappa shape index (κ1) is 26.9. The molecular formula is C27H29N3O7. The lowest BCUT2D eigenvalue weighted by atomic mass is 10.1. The maximum atomic E-state index is 12.8. The Labute approximate surface area is 215 Å². The predicted octanol–water partition coefficient (Wildman–Crippen LogP) is 3.81. The monoisotopic (exact) mass is 507 g/mol. The minimum absolute atomic E-state index is 0.0708. The highest BCUT2D eigenvalue weighted by atomic mass is 16.6. The molecule has 0 atom stereocenters. The summed E-state index contributed by atoms with van der Waals surface area (Å²) in [6, 6.07) is 15.5. The standard InChI is InChI=1S/C27H29N3O7/c1-17-8-6-7-9-20(17)28-16-25(31)30-29-15-18-10-11-21(22(12-18)33-2)37-27(32)19-13-23(34-3)26(36-5)24(14-19)35-4/h6-15,28H,16H2,1-5H3,(H,30,31)/b29-15-. The maximum absolute atomic E-state index is 12.8. The molecule has 37 heavy (non-hydrogen) atoms. The summed E-state index contributed by atoms with van der Waals surface area (Å²) in [5, 5.41) is 7.04. The first-order valence-corrected chi connectivity index (χ1v) is 11.2. The van der Waals surface area contributed by atoms with Crippen molar-refractivity contribution in [3.05, 3.63) is 71.3 Å². The Bertz CT molecular complexity index is 1270. The van der Waals surface area contributed by atoms with E-state index >= 15 is 0 Å². The number of para-hydroxylation sites is 1. The molecule has 0 unspecified atom stereocenters. The third kappa shape index (κ3) is 6.91. The van der Waals surface area contributed by atoms with E-state index in [1.54, 1.807) is 18.2 Å². The molecule has 0 saturated carbocycles. The summed E-state index contributed by atoms with van der Waals surface area (Å²) in [4.78, 5) is 24.9. The Morgan fingerprint density at radius 3 is 2.14 bits per heavy atom. The Morgan fingerprint density at radius 2 is 1.51 bits per heavy atom. The molecule has 3 aromatic rings. The molecule has 0 aliphatic carbocycles. The van der Waals surface area contributed by atoms with Gasteiger partial charge in [0.15, 0.2) is 23.0 Å². The lowest BCUT2D eigenvalue weighted by Gasteiger charge is -2.14. The van der Waals surface area contributed by atoms with Gasteiger partial charge in [0.1, 0.15) is 0 Å². The number of hydrogen-bond donors (Lipinski definition) is 2. The molecule has 0 aliphatic heterocycles. The fraction of sp³-hybridized carbons (Fsp3) is 0.222. The van der Waals surface area contributed by atoms with Gasteiger partial charge in [0.2, 0.25) is 5.75 Å². The number of nitrogens with one attached hydrogen (secondary N) is 2. The number of hydrogen-bond acceptors (Lipinski definition) is 9. The van der Waals surface area contributed by atoms with E-state index in [1.807, 2.05) is 31.2 Å². The molecule has 0 spiro atoms. The highest BCUT2D eigenvalue weighted by Crippen LogP contribution is 2.38. The van der Waals surface area contributed by atoms with E-state index in [-0.39, 0.29) is 23.8 Å². The van der Waals surface area contributed by atoms with Gasteiger partial charge in [-0.1, -0.05) is 18.2 Å². The van der Waals surface area contributed by atoms with Crippen molar-refractivity contribution < 1.29 is 33.3 Å². The second kappa shape index (κ2) is 12.8. The molecular weight excluding hydrogens is 478 g/mol. The van der Waals surface area contributed by atoms with Crippen LogP contribution in [0.2, 0.25) is 0 Å². The summed E-state index contributed by atoms with van der Waals surface area (Å²) in [6.07, 6.45) is 1.46. The van der Waals surface area contributed by atoms with Gasteiger partial charge in [-0.15, -0.1) is 0 Å². The van der Waals surface area contributed by atoms with Crippen LogP contribution in [0.1, 0.15) is 21.5 Å². The zero-order valence-electron chi connectivity index (χ0n) is 21.3. The van der Waals surface area contributed by atoms with Crippen LogP contribution in [0.25, 0.3) is 0 Å². The molecule has 0 radical (unpaired) electrons. The lowest BCUT2D eigenvalue weighted by Crippen LogP contribution is -2.26. The van der Waals surface area contributed by atoms with Gasteiger partial charge in [0.25, 0.3) is 5.91 Å². The number of ether oxygens (including phenoxy) is 5. The number of nitrogens with zero attached hydrogens (tertiary/aromatic N) is 1. The van der Waals surface area contributed by atoms with E-state index in [9.17, 15) is 9.59 Å². The lowest BCUT2D eigenvalue weighted by molar-refractivity contribution is -0.119. The number of methoxy groups -OCH3 is 4. The van der Waals surface area contributed by atoms with Gasteiger partial charge in [0, 0.05) is 5.69 Å². The fourth-order valence-electron chi connectivity index (χ4n) is 3.37. The number of carbonyl (C=O) groups is 2. The van der Waals surface area contributed by atoms with Gasteiger partial charge in [-0.3, -0.25) is 4.79 Å². The number of rotatable bonds is 11. The van der Waals surface area contributed by atoms with Gasteiger partial charge in [-0.05, 0) is 54.4 Å². The molecule has 3 rings (SSSR count). The average molecular weight is 508 g/mol. The van der Waals surface area contributed by atoms with E-state index in [2.05, 4.69) is 15.8 Å².